The average Bonchev–Trinajstić information content (AvgIpc) is 2.78. The van der Waals surface area contributed by atoms with Gasteiger partial charge < -0.3 is 9.11 Å². The first-order valence-corrected chi connectivity index (χ1v) is 17.5. The molecule has 6 nitrogen and oxygen atoms in total. The van der Waals surface area contributed by atoms with Gasteiger partial charge in [-0.2, -0.15) is 26.3 Å². The summed E-state index contributed by atoms with van der Waals surface area (Å²) in [5.41, 5.74) is -11.3. The summed E-state index contributed by atoms with van der Waals surface area (Å²) in [5, 5.41) is 0. The first-order valence-electron chi connectivity index (χ1n) is 10.3. The maximum Gasteiger partial charge on any atom is 0.485 e. The highest BCUT2D eigenvalue weighted by molar-refractivity contribution is 7.86. The van der Waals surface area contributed by atoms with Crippen LogP contribution in [0.5, 0.6) is 0 Å². The van der Waals surface area contributed by atoms with Crippen molar-refractivity contribution in [2.75, 3.05) is 0 Å². The molecule has 0 atom stereocenters. The molecule has 0 aliphatic rings. The topological polar surface area (TPSA) is 114 Å². The largest absolute Gasteiger partial charge is 0.741 e. The zero-order chi connectivity index (χ0) is 29.5. The molecule has 0 aliphatic heterocycles. The fourth-order valence-corrected chi connectivity index (χ4v) is 5.64. The molecule has 38 heavy (non-hydrogen) atoms. The first kappa shape index (κ1) is 36.9. The number of rotatable bonds is 7. The summed E-state index contributed by atoms with van der Waals surface area (Å²) in [7, 11) is -12.2. The van der Waals surface area contributed by atoms with E-state index < -0.39 is 31.3 Å². The Labute approximate surface area is 238 Å². The molecule has 16 heteroatoms. The monoisotopic (exact) mass is 814 g/mol. The van der Waals surface area contributed by atoms with Crippen molar-refractivity contribution in [1.82, 2.24) is 0 Å². The van der Waals surface area contributed by atoms with E-state index in [1.807, 2.05) is 0 Å². The lowest BCUT2D eigenvalue weighted by Crippen LogP contribution is -3.61. The van der Waals surface area contributed by atoms with Gasteiger partial charge in [-0.3, -0.25) is 0 Å². The molecule has 2 aromatic carbocycles. The van der Waals surface area contributed by atoms with Crippen LogP contribution in [0.2, 0.25) is 0 Å². The smallest absolute Gasteiger partial charge is 0.485 e. The average molecular weight is 814 g/mol. The highest BCUT2D eigenvalue weighted by atomic mass is 127. The Hall–Kier alpha value is -1.14. The number of unbranched alkanes of at least 4 members (excludes halogenated alkanes) is 4. The van der Waals surface area contributed by atoms with E-state index in [0.717, 1.165) is 6.42 Å². The van der Waals surface area contributed by atoms with E-state index in [2.05, 4.69) is 71.4 Å². The Kier molecular flexibility index (Phi) is 17.0. The zero-order valence-corrected chi connectivity index (χ0v) is 25.5. The summed E-state index contributed by atoms with van der Waals surface area (Å²) < 4.78 is 126. The van der Waals surface area contributed by atoms with E-state index in [1.165, 1.54) is 36.4 Å². The van der Waals surface area contributed by atoms with Crippen LogP contribution in [-0.2, 0) is 20.2 Å². The van der Waals surface area contributed by atoms with Crippen molar-refractivity contribution >= 4 is 20.2 Å². The molecule has 0 saturated carbocycles. The summed E-state index contributed by atoms with van der Waals surface area (Å²) >= 11 is -0.155. The molecule has 0 saturated heterocycles. The van der Waals surface area contributed by atoms with E-state index in [-0.39, 0.29) is 42.4 Å². The molecule has 0 aliphatic carbocycles. The first-order chi connectivity index (χ1) is 17.4. The van der Waals surface area contributed by atoms with Gasteiger partial charge in [-0.15, -0.1) is 0 Å². The van der Waals surface area contributed by atoms with Crippen molar-refractivity contribution in [3.8, 4) is 9.85 Å². The standard InChI is InChI=1S/C20H22I2.2CHF3O3S/c1-2-3-4-5-6-10-17-21-18-13-15-20(16-14-18)22-19-11-8-7-9-12-19;2*2-1(3,4)8(5,6)7/h7-9,11-16H,2-6H2,1H3;2*(H,5,6,7)/q+2;;/p-2. The molecule has 0 bridgehead atoms. The quantitative estimate of drug-likeness (QED) is 0.0897. The van der Waals surface area contributed by atoms with Gasteiger partial charge in [0.15, 0.2) is 31.3 Å². The van der Waals surface area contributed by atoms with E-state index >= 15 is 0 Å². The van der Waals surface area contributed by atoms with Gasteiger partial charge in [0.05, 0.1) is 0 Å². The van der Waals surface area contributed by atoms with Crippen LogP contribution in [0.25, 0.3) is 0 Å². The van der Waals surface area contributed by atoms with E-state index in [0.29, 0.717) is 0 Å². The van der Waals surface area contributed by atoms with Crippen LogP contribution >= 0.6 is 0 Å². The lowest BCUT2D eigenvalue weighted by atomic mass is 10.2. The van der Waals surface area contributed by atoms with Crippen LogP contribution in [-0.4, -0.2) is 37.0 Å². The van der Waals surface area contributed by atoms with Crippen molar-refractivity contribution in [2.24, 2.45) is 0 Å². The van der Waals surface area contributed by atoms with Gasteiger partial charge in [0.1, 0.15) is 0 Å². The van der Waals surface area contributed by atoms with Crippen LogP contribution in [0.4, 0.5) is 26.3 Å². The van der Waals surface area contributed by atoms with Gasteiger partial charge in [0, 0.05) is 6.42 Å². The second-order valence-corrected chi connectivity index (χ2v) is 14.9. The molecule has 0 spiro atoms. The molecule has 214 valence electrons. The molecular weight excluding hydrogens is 792 g/mol. The SMILES string of the molecule is CCCCCCC#C[I+]c1ccc([I+]c2ccccc2)cc1.O=S(=O)([O-])C(F)(F)F.O=S(=O)([O-])C(F)(F)F. The minimum Gasteiger partial charge on any atom is -0.741 e. The normalized spacial score (nSPS) is 11.7. The molecule has 0 aromatic heterocycles. The highest BCUT2D eigenvalue weighted by Crippen LogP contribution is 2.21. The molecule has 0 unspecified atom stereocenters. The van der Waals surface area contributed by atoms with Crippen LogP contribution in [0.15, 0.2) is 54.6 Å². The van der Waals surface area contributed by atoms with E-state index in [4.69, 9.17) is 25.9 Å². The van der Waals surface area contributed by atoms with Crippen LogP contribution in [0.3, 0.4) is 0 Å². The van der Waals surface area contributed by atoms with Crippen LogP contribution < -0.4 is 42.4 Å². The molecule has 0 radical (unpaired) electrons. The summed E-state index contributed by atoms with van der Waals surface area (Å²) in [6, 6.07) is 20.0. The Morgan fingerprint density at radius 2 is 1.13 bits per heavy atom. The van der Waals surface area contributed by atoms with Gasteiger partial charge in [0.25, 0.3) is 0 Å². The molecular formula is C22H22F6I2O6S2. The van der Waals surface area contributed by atoms with Crippen molar-refractivity contribution in [2.45, 2.75) is 50.0 Å². The van der Waals surface area contributed by atoms with Crippen molar-refractivity contribution in [1.29, 1.82) is 0 Å². The zero-order valence-electron chi connectivity index (χ0n) is 19.5. The Morgan fingerprint density at radius 1 is 0.711 bits per heavy atom. The Morgan fingerprint density at radius 3 is 1.55 bits per heavy atom. The fraction of sp³-hybridized carbons (Fsp3) is 0.364. The van der Waals surface area contributed by atoms with Crippen molar-refractivity contribution in [3.63, 3.8) is 0 Å². The minimum atomic E-state index is -6.09. The third kappa shape index (κ3) is 17.4. The summed E-state index contributed by atoms with van der Waals surface area (Å²) in [5.74, 6) is 3.35. The molecule has 0 amide bonds. The maximum atomic E-state index is 10.7. The Balaban J connectivity index is 0.000000705. The van der Waals surface area contributed by atoms with Gasteiger partial charge >= 0.3 is 53.4 Å². The second kappa shape index (κ2) is 17.5. The predicted molar refractivity (Wildman–Crippen MR) is 117 cm³/mol. The number of halogens is 8. The van der Waals surface area contributed by atoms with Gasteiger partial charge in [-0.05, 0) is 48.7 Å². The van der Waals surface area contributed by atoms with Gasteiger partial charge in [-0.1, -0.05) is 44.4 Å². The molecule has 0 heterocycles. The summed E-state index contributed by atoms with van der Waals surface area (Å²) in [6.45, 7) is 2.25. The minimum absolute atomic E-state index is 0.0338. The molecule has 0 fully saturated rings. The third-order valence-electron chi connectivity index (χ3n) is 3.70. The summed E-state index contributed by atoms with van der Waals surface area (Å²) in [4.78, 5) is 0. The fourth-order valence-electron chi connectivity index (χ4n) is 1.93. The van der Waals surface area contributed by atoms with Gasteiger partial charge in [-0.25, -0.2) is 16.8 Å². The second-order valence-electron chi connectivity index (χ2n) is 6.80. The van der Waals surface area contributed by atoms with Crippen LogP contribution in [0.1, 0.15) is 39.0 Å². The number of alkyl halides is 6. The Bertz CT molecular complexity index is 1180. The maximum absolute atomic E-state index is 10.7. The lowest BCUT2D eigenvalue weighted by molar-refractivity contribution is -0.598. The lowest BCUT2D eigenvalue weighted by Gasteiger charge is -2.08. The number of benzene rings is 2. The van der Waals surface area contributed by atoms with E-state index in [1.54, 1.807) is 0 Å². The molecule has 0 N–H and O–H groups in total. The predicted octanol–water partition coefficient (Wildman–Crippen LogP) is -0.892. The van der Waals surface area contributed by atoms with Crippen molar-refractivity contribution in [3.05, 3.63) is 65.3 Å². The van der Waals surface area contributed by atoms with Gasteiger partial charge in [0.2, 0.25) is 3.57 Å². The number of hydrogen-bond donors (Lipinski definition) is 0. The van der Waals surface area contributed by atoms with Crippen molar-refractivity contribution < 1.29 is 94.7 Å². The summed E-state index contributed by atoms with van der Waals surface area (Å²) in [6.07, 6.45) is 6.34. The molecule has 2 aromatic rings. The van der Waals surface area contributed by atoms with E-state index in [9.17, 15) is 26.3 Å². The molecule has 2 rings (SSSR count). The highest BCUT2D eigenvalue weighted by Gasteiger charge is 2.37. The third-order valence-corrected chi connectivity index (χ3v) is 9.51. The van der Waals surface area contributed by atoms with Crippen LogP contribution in [0, 0.1) is 20.6 Å². The number of hydrogen-bond acceptors (Lipinski definition) is 6.